The van der Waals surface area contributed by atoms with Gasteiger partial charge in [0.15, 0.2) is 5.13 Å². The lowest BCUT2D eigenvalue weighted by Crippen LogP contribution is -2.48. The molecule has 10 heteroatoms. The first-order valence-electron chi connectivity index (χ1n) is 7.52. The molecule has 25 heavy (non-hydrogen) atoms. The Morgan fingerprint density at radius 1 is 1.08 bits per heavy atom. The van der Waals surface area contributed by atoms with Gasteiger partial charge < -0.3 is 4.90 Å². The van der Waals surface area contributed by atoms with E-state index in [1.807, 2.05) is 5.38 Å². The summed E-state index contributed by atoms with van der Waals surface area (Å²) in [7, 11) is -3.40. The van der Waals surface area contributed by atoms with Gasteiger partial charge in [-0.3, -0.25) is 0 Å². The molecular formula is C15H14BrN3O2S4. The molecule has 5 nitrogen and oxygen atoms in total. The summed E-state index contributed by atoms with van der Waals surface area (Å²) in [4.78, 5) is 6.87. The third-order valence-electron chi connectivity index (χ3n) is 3.96. The molecule has 132 valence electrons. The molecule has 1 aliphatic heterocycles. The van der Waals surface area contributed by atoms with Crippen molar-refractivity contribution in [3.05, 3.63) is 38.1 Å². The second kappa shape index (κ2) is 7.09. The van der Waals surface area contributed by atoms with Crippen molar-refractivity contribution >= 4 is 65.1 Å². The van der Waals surface area contributed by atoms with Gasteiger partial charge in [-0.1, -0.05) is 0 Å². The minimum absolute atomic E-state index is 0.391. The summed E-state index contributed by atoms with van der Waals surface area (Å²) < 4.78 is 28.2. The lowest BCUT2D eigenvalue weighted by atomic mass is 10.3. The van der Waals surface area contributed by atoms with Crippen LogP contribution in [0.3, 0.4) is 0 Å². The number of aromatic nitrogens is 1. The molecule has 0 bridgehead atoms. The fourth-order valence-corrected chi connectivity index (χ4v) is 7.76. The van der Waals surface area contributed by atoms with Crippen LogP contribution >= 0.6 is 49.9 Å². The smallest absolute Gasteiger partial charge is 0.252 e. The van der Waals surface area contributed by atoms with Crippen LogP contribution in [0.15, 0.2) is 42.3 Å². The van der Waals surface area contributed by atoms with E-state index in [-0.39, 0.29) is 0 Å². The van der Waals surface area contributed by atoms with Gasteiger partial charge in [0.25, 0.3) is 10.0 Å². The number of hydrogen-bond donors (Lipinski definition) is 0. The lowest BCUT2D eigenvalue weighted by molar-refractivity contribution is 0.386. The first-order chi connectivity index (χ1) is 12.0. The number of thiazole rings is 1. The summed E-state index contributed by atoms with van der Waals surface area (Å²) in [5, 5.41) is 7.14. The van der Waals surface area contributed by atoms with Crippen molar-refractivity contribution in [1.82, 2.24) is 9.29 Å². The number of anilines is 1. The van der Waals surface area contributed by atoms with Crippen molar-refractivity contribution in [3.8, 4) is 11.3 Å². The largest absolute Gasteiger partial charge is 0.345 e. The summed E-state index contributed by atoms with van der Waals surface area (Å²) in [6.45, 7) is 2.27. The average Bonchev–Trinajstić information content (AvgIpc) is 3.35. The monoisotopic (exact) mass is 475 g/mol. The maximum absolute atomic E-state index is 12.7. The minimum atomic E-state index is -3.40. The zero-order chi connectivity index (χ0) is 17.4. The van der Waals surface area contributed by atoms with Crippen LogP contribution in [0.5, 0.6) is 0 Å². The van der Waals surface area contributed by atoms with Gasteiger partial charge in [0, 0.05) is 42.5 Å². The van der Waals surface area contributed by atoms with Gasteiger partial charge in [-0.25, -0.2) is 13.4 Å². The number of halogens is 1. The molecule has 4 heterocycles. The Labute approximate surface area is 166 Å². The number of rotatable bonds is 4. The maximum Gasteiger partial charge on any atom is 0.252 e. The van der Waals surface area contributed by atoms with Gasteiger partial charge in [0.1, 0.15) is 4.21 Å². The van der Waals surface area contributed by atoms with Crippen molar-refractivity contribution in [3.63, 3.8) is 0 Å². The predicted octanol–water partition coefficient (Wildman–Crippen LogP) is 4.21. The fourth-order valence-electron chi connectivity index (χ4n) is 2.64. The summed E-state index contributed by atoms with van der Waals surface area (Å²) in [5.41, 5.74) is 2.12. The van der Waals surface area contributed by atoms with E-state index < -0.39 is 10.0 Å². The van der Waals surface area contributed by atoms with Crippen LogP contribution < -0.4 is 4.90 Å². The molecule has 0 aromatic carbocycles. The van der Waals surface area contributed by atoms with E-state index in [9.17, 15) is 8.42 Å². The summed E-state index contributed by atoms with van der Waals surface area (Å²) >= 11 is 7.85. The number of piperazine rings is 1. The topological polar surface area (TPSA) is 53.5 Å². The number of thiophene rings is 2. The highest BCUT2D eigenvalue weighted by Crippen LogP contribution is 2.31. The first kappa shape index (κ1) is 17.6. The minimum Gasteiger partial charge on any atom is -0.345 e. The highest BCUT2D eigenvalue weighted by molar-refractivity contribution is 9.11. The van der Waals surface area contributed by atoms with Crippen LogP contribution in [0.25, 0.3) is 11.3 Å². The molecule has 0 saturated carbocycles. The second-order valence-electron chi connectivity index (χ2n) is 5.48. The van der Waals surface area contributed by atoms with Crippen molar-refractivity contribution in [2.45, 2.75) is 4.21 Å². The van der Waals surface area contributed by atoms with Crippen LogP contribution in [0.2, 0.25) is 0 Å². The van der Waals surface area contributed by atoms with Crippen molar-refractivity contribution in [1.29, 1.82) is 0 Å². The number of nitrogens with zero attached hydrogens (tertiary/aromatic N) is 3. The molecule has 0 unspecified atom stereocenters. The van der Waals surface area contributed by atoms with Crippen LogP contribution in [0, 0.1) is 0 Å². The van der Waals surface area contributed by atoms with E-state index in [1.54, 1.807) is 39.1 Å². The van der Waals surface area contributed by atoms with E-state index in [2.05, 4.69) is 37.7 Å². The Balaban J connectivity index is 1.45. The molecule has 0 radical (unpaired) electrons. The molecule has 3 aromatic rings. The van der Waals surface area contributed by atoms with Crippen LogP contribution in [-0.2, 0) is 10.0 Å². The van der Waals surface area contributed by atoms with Gasteiger partial charge in [-0.05, 0) is 39.5 Å². The first-order valence-corrected chi connectivity index (χ1v) is 12.4. The van der Waals surface area contributed by atoms with Crippen LogP contribution in [0.4, 0.5) is 5.13 Å². The van der Waals surface area contributed by atoms with Crippen LogP contribution in [0.1, 0.15) is 0 Å². The Kier molecular flexibility index (Phi) is 5.00. The van der Waals surface area contributed by atoms with E-state index in [1.165, 1.54) is 11.3 Å². The van der Waals surface area contributed by atoms with Crippen molar-refractivity contribution < 1.29 is 8.42 Å². The zero-order valence-corrected chi connectivity index (χ0v) is 17.8. The van der Waals surface area contributed by atoms with E-state index in [4.69, 9.17) is 4.98 Å². The third kappa shape index (κ3) is 3.56. The second-order valence-corrected chi connectivity index (χ2v) is 11.7. The molecular weight excluding hydrogens is 462 g/mol. The molecule has 1 saturated heterocycles. The van der Waals surface area contributed by atoms with Gasteiger partial charge >= 0.3 is 0 Å². The maximum atomic E-state index is 12.7. The Morgan fingerprint density at radius 2 is 1.88 bits per heavy atom. The molecule has 0 N–H and O–H groups in total. The lowest BCUT2D eigenvalue weighted by Gasteiger charge is -2.33. The van der Waals surface area contributed by atoms with Crippen LogP contribution in [-0.4, -0.2) is 43.9 Å². The molecule has 1 fully saturated rings. The van der Waals surface area contributed by atoms with Crippen molar-refractivity contribution in [2.75, 3.05) is 31.1 Å². The highest BCUT2D eigenvalue weighted by Gasteiger charge is 2.30. The highest BCUT2D eigenvalue weighted by atomic mass is 79.9. The quantitative estimate of drug-likeness (QED) is 0.566. The van der Waals surface area contributed by atoms with Gasteiger partial charge in [0.05, 0.1) is 9.48 Å². The average molecular weight is 476 g/mol. The fraction of sp³-hybridized carbons (Fsp3) is 0.267. The van der Waals surface area contributed by atoms with Crippen molar-refractivity contribution in [2.24, 2.45) is 0 Å². The summed E-state index contributed by atoms with van der Waals surface area (Å²) in [6, 6.07) is 5.49. The van der Waals surface area contributed by atoms with E-state index in [0.29, 0.717) is 30.4 Å². The predicted molar refractivity (Wildman–Crippen MR) is 108 cm³/mol. The molecule has 0 amide bonds. The van der Waals surface area contributed by atoms with E-state index >= 15 is 0 Å². The van der Waals surface area contributed by atoms with E-state index in [0.717, 1.165) is 20.2 Å². The Hall–Kier alpha value is -0.780. The Morgan fingerprint density at radius 3 is 2.52 bits per heavy atom. The summed E-state index contributed by atoms with van der Waals surface area (Å²) in [5.74, 6) is 0. The molecule has 0 spiro atoms. The normalized spacial score (nSPS) is 16.4. The molecule has 3 aromatic heterocycles. The van der Waals surface area contributed by atoms with Gasteiger partial charge in [0.2, 0.25) is 0 Å². The standard InChI is InChI=1S/C15H14BrN3O2S4/c16-13-1-2-14(24-13)25(20,21)19-6-4-18(5-7-19)15-17-12(10-23-15)11-3-8-22-9-11/h1-3,8-10H,4-7H2. The molecule has 1 aliphatic rings. The molecule has 0 atom stereocenters. The van der Waals surface area contributed by atoms with Gasteiger partial charge in [-0.2, -0.15) is 15.6 Å². The molecule has 4 rings (SSSR count). The molecule has 0 aliphatic carbocycles. The summed E-state index contributed by atoms with van der Waals surface area (Å²) in [6.07, 6.45) is 0. The van der Waals surface area contributed by atoms with Gasteiger partial charge in [-0.15, -0.1) is 22.7 Å². The Bertz CT molecular complexity index is 957. The zero-order valence-electron chi connectivity index (χ0n) is 13.0. The number of hydrogen-bond acceptors (Lipinski definition) is 7. The third-order valence-corrected chi connectivity index (χ3v) is 9.54. The SMILES string of the molecule is O=S(=O)(c1ccc(Br)s1)N1CCN(c2nc(-c3ccsc3)cs2)CC1. The number of sulfonamides is 1.